The molecular weight excluding hydrogens is 474 g/mol. The van der Waals surface area contributed by atoms with Gasteiger partial charge in [0.1, 0.15) is 0 Å². The van der Waals surface area contributed by atoms with Crippen LogP contribution in [-0.2, 0) is 11.3 Å². The number of fused-ring (bicyclic) bond motifs is 1. The Morgan fingerprint density at radius 2 is 1.62 bits per heavy atom. The first-order chi connectivity index (χ1) is 18.2. The van der Waals surface area contributed by atoms with Gasteiger partial charge in [0.05, 0.1) is 10.9 Å². The molecule has 2 aromatic carbocycles. The fourth-order valence-electron chi connectivity index (χ4n) is 6.16. The molecule has 1 amide bonds. The molecule has 4 nitrogen and oxygen atoms in total. The molecule has 6 rings (SSSR count). The zero-order valence-electron chi connectivity index (χ0n) is 21.9. The van der Waals surface area contributed by atoms with E-state index < -0.39 is 0 Å². The van der Waals surface area contributed by atoms with Crippen molar-refractivity contribution in [3.8, 4) is 0 Å². The van der Waals surface area contributed by atoms with E-state index in [9.17, 15) is 4.79 Å². The Morgan fingerprint density at radius 3 is 2.38 bits per heavy atom. The van der Waals surface area contributed by atoms with Crippen molar-refractivity contribution in [1.82, 2.24) is 9.47 Å². The zero-order chi connectivity index (χ0) is 25.2. The smallest absolute Gasteiger partial charge is 0.267 e. The van der Waals surface area contributed by atoms with E-state index in [1.165, 1.54) is 60.6 Å². The predicted octanol–water partition coefficient (Wildman–Crippen LogP) is 7.94. The van der Waals surface area contributed by atoms with E-state index in [0.717, 1.165) is 47.9 Å². The van der Waals surface area contributed by atoms with E-state index in [4.69, 9.17) is 4.99 Å². The molecule has 0 radical (unpaired) electrons. The van der Waals surface area contributed by atoms with Crippen molar-refractivity contribution < 1.29 is 4.79 Å². The summed E-state index contributed by atoms with van der Waals surface area (Å²) in [6.07, 6.45) is 16.4. The minimum atomic E-state index is 0.154. The molecule has 5 heteroatoms. The molecule has 0 spiro atoms. The topological polar surface area (TPSA) is 37.6 Å². The Balaban J connectivity index is 1.34. The molecule has 0 unspecified atom stereocenters. The lowest BCUT2D eigenvalue weighted by Crippen LogP contribution is -2.41. The molecule has 3 fully saturated rings. The standard InChI is InChI=1S/C32H37N3OS/c1-23-16-18-24(19-17-23)21-34-22-25(28-14-8-9-15-29(28)34)20-30-31(36)35(27-12-6-3-7-13-27)32(37-30)33-26-10-4-2-5-11-26/h8-9,14-20,22,26-27H,2-7,10-13,21H2,1H3. The number of thioether (sulfide) groups is 1. The number of rotatable bonds is 5. The first-order valence-electron chi connectivity index (χ1n) is 14.1. The molecule has 2 aliphatic carbocycles. The maximum atomic E-state index is 13.9. The van der Waals surface area contributed by atoms with E-state index in [2.05, 4.69) is 77.2 Å². The number of aryl methyl sites for hydroxylation is 1. The Hall–Kier alpha value is -2.79. The number of nitrogens with zero attached hydrogens (tertiary/aromatic N) is 3. The second-order valence-electron chi connectivity index (χ2n) is 11.0. The highest BCUT2D eigenvalue weighted by Gasteiger charge is 2.39. The van der Waals surface area contributed by atoms with Gasteiger partial charge in [0.25, 0.3) is 5.91 Å². The number of hydrogen-bond donors (Lipinski definition) is 0. The third-order valence-corrected chi connectivity index (χ3v) is 9.22. The van der Waals surface area contributed by atoms with Crippen molar-refractivity contribution in [1.29, 1.82) is 0 Å². The second kappa shape index (κ2) is 10.9. The highest BCUT2D eigenvalue weighted by molar-refractivity contribution is 8.18. The fraction of sp³-hybridized carbons (Fsp3) is 0.438. The number of amidine groups is 1. The number of carbonyl (C=O) groups excluding carboxylic acids is 1. The monoisotopic (exact) mass is 511 g/mol. The first kappa shape index (κ1) is 24.5. The Kier molecular flexibility index (Phi) is 7.23. The largest absolute Gasteiger partial charge is 0.342 e. The van der Waals surface area contributed by atoms with Crippen molar-refractivity contribution in [2.45, 2.75) is 89.8 Å². The van der Waals surface area contributed by atoms with Crippen LogP contribution in [0.3, 0.4) is 0 Å². The Bertz CT molecular complexity index is 1320. The molecule has 0 atom stereocenters. The summed E-state index contributed by atoms with van der Waals surface area (Å²) in [4.78, 5) is 22.0. The van der Waals surface area contributed by atoms with Crippen LogP contribution in [0.25, 0.3) is 17.0 Å². The second-order valence-corrected chi connectivity index (χ2v) is 12.0. The predicted molar refractivity (Wildman–Crippen MR) is 156 cm³/mol. The SMILES string of the molecule is Cc1ccc(Cn2cc(C=C3SC(=NC4CCCCC4)N(C4CCCCC4)C3=O)c3ccccc32)cc1. The molecule has 3 aromatic rings. The van der Waals surface area contributed by atoms with Gasteiger partial charge in [-0.1, -0.05) is 86.6 Å². The summed E-state index contributed by atoms with van der Waals surface area (Å²) in [5, 5.41) is 2.15. The Labute approximate surface area is 224 Å². The lowest BCUT2D eigenvalue weighted by molar-refractivity contribution is -0.124. The molecule has 3 aliphatic rings. The number of benzene rings is 2. The molecule has 1 aliphatic heterocycles. The quantitative estimate of drug-likeness (QED) is 0.326. The average Bonchev–Trinajstić information content (AvgIpc) is 3.43. The zero-order valence-corrected chi connectivity index (χ0v) is 22.7. The molecule has 0 bridgehead atoms. The van der Waals surface area contributed by atoms with Gasteiger partial charge in [0.2, 0.25) is 0 Å². The van der Waals surface area contributed by atoms with Gasteiger partial charge in [-0.2, -0.15) is 0 Å². The normalized spacial score (nSPS) is 22.1. The molecule has 192 valence electrons. The first-order valence-corrected chi connectivity index (χ1v) is 14.9. The lowest BCUT2D eigenvalue weighted by Gasteiger charge is -2.31. The molecule has 1 aromatic heterocycles. The fourth-order valence-corrected chi connectivity index (χ4v) is 7.26. The maximum absolute atomic E-state index is 13.9. The van der Waals surface area contributed by atoms with Crippen LogP contribution in [0.4, 0.5) is 0 Å². The summed E-state index contributed by atoms with van der Waals surface area (Å²) in [7, 11) is 0. The van der Waals surface area contributed by atoms with E-state index in [-0.39, 0.29) is 5.91 Å². The van der Waals surface area contributed by atoms with Crippen molar-refractivity contribution >= 4 is 39.8 Å². The summed E-state index contributed by atoms with van der Waals surface area (Å²) in [6, 6.07) is 18.0. The number of carbonyl (C=O) groups is 1. The Morgan fingerprint density at radius 1 is 0.919 bits per heavy atom. The van der Waals surface area contributed by atoms with Gasteiger partial charge in [-0.05, 0) is 62.1 Å². The number of aromatic nitrogens is 1. The summed E-state index contributed by atoms with van der Waals surface area (Å²) in [5.41, 5.74) is 4.87. The van der Waals surface area contributed by atoms with E-state index in [0.29, 0.717) is 12.1 Å². The van der Waals surface area contributed by atoms with Crippen LogP contribution in [0.1, 0.15) is 80.9 Å². The molecule has 2 saturated carbocycles. The minimum absolute atomic E-state index is 0.154. The highest BCUT2D eigenvalue weighted by Crippen LogP contribution is 2.39. The van der Waals surface area contributed by atoms with Gasteiger partial charge >= 0.3 is 0 Å². The summed E-state index contributed by atoms with van der Waals surface area (Å²) < 4.78 is 2.31. The van der Waals surface area contributed by atoms with Gasteiger partial charge in [-0.25, -0.2) is 0 Å². The molecule has 2 heterocycles. The molecule has 1 saturated heterocycles. The highest BCUT2D eigenvalue weighted by atomic mass is 32.2. The summed E-state index contributed by atoms with van der Waals surface area (Å²) >= 11 is 1.61. The van der Waals surface area contributed by atoms with Crippen LogP contribution in [0.2, 0.25) is 0 Å². The van der Waals surface area contributed by atoms with Crippen molar-refractivity contribution in [2.24, 2.45) is 4.99 Å². The molecule has 37 heavy (non-hydrogen) atoms. The average molecular weight is 512 g/mol. The minimum Gasteiger partial charge on any atom is -0.342 e. The van der Waals surface area contributed by atoms with Crippen LogP contribution in [0.5, 0.6) is 0 Å². The number of hydrogen-bond acceptors (Lipinski definition) is 3. The third kappa shape index (κ3) is 5.29. The van der Waals surface area contributed by atoms with Crippen LogP contribution in [0.15, 0.2) is 64.6 Å². The van der Waals surface area contributed by atoms with Gasteiger partial charge in [0.15, 0.2) is 5.17 Å². The summed E-state index contributed by atoms with van der Waals surface area (Å²) in [6.45, 7) is 2.94. The number of para-hydroxylation sites is 1. The van der Waals surface area contributed by atoms with E-state index in [1.54, 1.807) is 11.8 Å². The number of aliphatic imine (C=N–C) groups is 1. The molecular formula is C32H37N3OS. The van der Waals surface area contributed by atoms with Crippen LogP contribution < -0.4 is 0 Å². The maximum Gasteiger partial charge on any atom is 0.267 e. The van der Waals surface area contributed by atoms with Gasteiger partial charge in [-0.3, -0.25) is 14.7 Å². The summed E-state index contributed by atoms with van der Waals surface area (Å²) in [5.74, 6) is 0.154. The van der Waals surface area contributed by atoms with Crippen molar-refractivity contribution in [3.05, 3.63) is 76.3 Å². The number of amides is 1. The van der Waals surface area contributed by atoms with E-state index in [1.807, 2.05) is 0 Å². The van der Waals surface area contributed by atoms with Crippen LogP contribution in [-0.4, -0.2) is 32.6 Å². The van der Waals surface area contributed by atoms with Crippen molar-refractivity contribution in [3.63, 3.8) is 0 Å². The third-order valence-electron chi connectivity index (χ3n) is 8.22. The lowest BCUT2D eigenvalue weighted by atomic mass is 9.94. The van der Waals surface area contributed by atoms with Crippen LogP contribution >= 0.6 is 11.8 Å². The van der Waals surface area contributed by atoms with Gasteiger partial charge < -0.3 is 4.57 Å². The molecule has 0 N–H and O–H groups in total. The van der Waals surface area contributed by atoms with Gasteiger partial charge in [-0.15, -0.1) is 0 Å². The van der Waals surface area contributed by atoms with E-state index >= 15 is 0 Å². The van der Waals surface area contributed by atoms with Crippen molar-refractivity contribution in [2.75, 3.05) is 0 Å². The van der Waals surface area contributed by atoms with Gasteiger partial charge in [0, 0.05) is 35.2 Å². The van der Waals surface area contributed by atoms with Crippen LogP contribution in [0, 0.1) is 6.92 Å².